The Labute approximate surface area is 117 Å². The lowest BCUT2D eigenvalue weighted by Crippen LogP contribution is -2.14. The van der Waals surface area contributed by atoms with Crippen molar-refractivity contribution in [1.82, 2.24) is 9.78 Å². The third kappa shape index (κ3) is 3.28. The average molecular weight is 275 g/mol. The Balaban J connectivity index is 2.01. The van der Waals surface area contributed by atoms with Crippen molar-refractivity contribution in [3.05, 3.63) is 42.2 Å². The number of ether oxygens (including phenoxy) is 2. The van der Waals surface area contributed by atoms with E-state index in [0.717, 1.165) is 0 Å². The molecule has 0 aliphatic heterocycles. The standard InChI is InChI=1S/C14H17N3O3/c1-2-19-12-6-3-5-11(15)13(12)14(18)20-10-9-17-8-4-7-16-17/h3-8H,2,9-10,15H2,1H3. The summed E-state index contributed by atoms with van der Waals surface area (Å²) in [6.07, 6.45) is 3.47. The van der Waals surface area contributed by atoms with Crippen molar-refractivity contribution in [2.45, 2.75) is 13.5 Å². The fraction of sp³-hybridized carbons (Fsp3) is 0.286. The van der Waals surface area contributed by atoms with E-state index >= 15 is 0 Å². The second kappa shape index (κ2) is 6.60. The highest BCUT2D eigenvalue weighted by Gasteiger charge is 2.17. The van der Waals surface area contributed by atoms with Crippen LogP contribution < -0.4 is 10.5 Å². The SMILES string of the molecule is CCOc1cccc(N)c1C(=O)OCCn1cccn1. The van der Waals surface area contributed by atoms with Crippen LogP contribution in [0.1, 0.15) is 17.3 Å². The summed E-state index contributed by atoms with van der Waals surface area (Å²) in [5, 5.41) is 4.03. The van der Waals surface area contributed by atoms with E-state index in [-0.39, 0.29) is 12.2 Å². The molecular formula is C14H17N3O3. The first kappa shape index (κ1) is 13.9. The number of carbonyl (C=O) groups excluding carboxylic acids is 1. The molecule has 6 heteroatoms. The molecule has 20 heavy (non-hydrogen) atoms. The molecule has 0 aliphatic rings. The first-order valence-electron chi connectivity index (χ1n) is 6.38. The molecule has 1 heterocycles. The van der Waals surface area contributed by atoms with Crippen LogP contribution in [0.2, 0.25) is 0 Å². The number of hydrogen-bond donors (Lipinski definition) is 1. The molecular weight excluding hydrogens is 258 g/mol. The Hall–Kier alpha value is -2.50. The maximum Gasteiger partial charge on any atom is 0.344 e. The second-order valence-electron chi connectivity index (χ2n) is 4.06. The Morgan fingerprint density at radius 3 is 2.95 bits per heavy atom. The molecule has 1 aromatic carbocycles. The maximum absolute atomic E-state index is 12.1. The van der Waals surface area contributed by atoms with Crippen molar-refractivity contribution in [2.75, 3.05) is 18.9 Å². The van der Waals surface area contributed by atoms with Crippen LogP contribution in [0, 0.1) is 0 Å². The Morgan fingerprint density at radius 1 is 1.40 bits per heavy atom. The Bertz CT molecular complexity index is 567. The minimum Gasteiger partial charge on any atom is -0.493 e. The summed E-state index contributed by atoms with van der Waals surface area (Å²) in [5.41, 5.74) is 6.44. The zero-order chi connectivity index (χ0) is 14.4. The van der Waals surface area contributed by atoms with Gasteiger partial charge in [-0.1, -0.05) is 6.07 Å². The molecule has 106 valence electrons. The molecule has 0 saturated heterocycles. The van der Waals surface area contributed by atoms with Crippen molar-refractivity contribution in [3.63, 3.8) is 0 Å². The van der Waals surface area contributed by atoms with Gasteiger partial charge in [-0.05, 0) is 25.1 Å². The average Bonchev–Trinajstić information content (AvgIpc) is 2.92. The van der Waals surface area contributed by atoms with Gasteiger partial charge in [0.1, 0.15) is 17.9 Å². The van der Waals surface area contributed by atoms with Gasteiger partial charge in [0, 0.05) is 18.1 Å². The topological polar surface area (TPSA) is 79.4 Å². The largest absolute Gasteiger partial charge is 0.493 e. The molecule has 2 N–H and O–H groups in total. The molecule has 0 saturated carbocycles. The first-order valence-corrected chi connectivity index (χ1v) is 6.38. The molecule has 6 nitrogen and oxygen atoms in total. The van der Waals surface area contributed by atoms with Gasteiger partial charge in [0.05, 0.1) is 13.2 Å². The van der Waals surface area contributed by atoms with Crippen LogP contribution in [0.5, 0.6) is 5.75 Å². The Kier molecular flexibility index (Phi) is 4.60. The molecule has 0 atom stereocenters. The van der Waals surface area contributed by atoms with Gasteiger partial charge >= 0.3 is 5.97 Å². The van der Waals surface area contributed by atoms with E-state index < -0.39 is 5.97 Å². The van der Waals surface area contributed by atoms with Gasteiger partial charge in [-0.15, -0.1) is 0 Å². The van der Waals surface area contributed by atoms with Crippen molar-refractivity contribution in [3.8, 4) is 5.75 Å². The number of hydrogen-bond acceptors (Lipinski definition) is 5. The number of nitrogen functional groups attached to an aromatic ring is 1. The summed E-state index contributed by atoms with van der Waals surface area (Å²) in [5.74, 6) is -0.0460. The number of anilines is 1. The van der Waals surface area contributed by atoms with Crippen LogP contribution in [0.15, 0.2) is 36.7 Å². The molecule has 0 radical (unpaired) electrons. The van der Waals surface area contributed by atoms with E-state index in [0.29, 0.717) is 24.6 Å². The van der Waals surface area contributed by atoms with E-state index in [1.54, 1.807) is 35.3 Å². The highest BCUT2D eigenvalue weighted by atomic mass is 16.5. The summed E-state index contributed by atoms with van der Waals surface area (Å²) in [6.45, 7) is 3.02. The van der Waals surface area contributed by atoms with Crippen LogP contribution in [0.3, 0.4) is 0 Å². The quantitative estimate of drug-likeness (QED) is 0.641. The molecule has 0 bridgehead atoms. The fourth-order valence-corrected chi connectivity index (χ4v) is 1.78. The van der Waals surface area contributed by atoms with E-state index in [4.69, 9.17) is 15.2 Å². The van der Waals surface area contributed by atoms with Crippen molar-refractivity contribution >= 4 is 11.7 Å². The number of aromatic nitrogens is 2. The highest BCUT2D eigenvalue weighted by molar-refractivity contribution is 5.98. The minimum absolute atomic E-state index is 0.223. The summed E-state index contributed by atoms with van der Waals surface area (Å²) >= 11 is 0. The van der Waals surface area contributed by atoms with Gasteiger partial charge in [0.15, 0.2) is 0 Å². The van der Waals surface area contributed by atoms with Gasteiger partial charge in [-0.3, -0.25) is 4.68 Å². The first-order chi connectivity index (χ1) is 9.72. The van der Waals surface area contributed by atoms with E-state index in [1.807, 2.05) is 13.0 Å². The van der Waals surface area contributed by atoms with Gasteiger partial charge in [-0.2, -0.15) is 5.10 Å². The van der Waals surface area contributed by atoms with Crippen LogP contribution >= 0.6 is 0 Å². The molecule has 0 spiro atoms. The van der Waals surface area contributed by atoms with E-state index in [1.165, 1.54) is 0 Å². The van der Waals surface area contributed by atoms with Crippen LogP contribution in [0.25, 0.3) is 0 Å². The van der Waals surface area contributed by atoms with Crippen LogP contribution in [0.4, 0.5) is 5.69 Å². The summed E-state index contributed by atoms with van der Waals surface area (Å²) in [7, 11) is 0. The van der Waals surface area contributed by atoms with Gasteiger partial charge in [-0.25, -0.2) is 4.79 Å². The Morgan fingerprint density at radius 2 is 2.25 bits per heavy atom. The van der Waals surface area contributed by atoms with Crippen molar-refractivity contribution in [2.24, 2.45) is 0 Å². The van der Waals surface area contributed by atoms with Crippen molar-refractivity contribution < 1.29 is 14.3 Å². The van der Waals surface area contributed by atoms with Gasteiger partial charge < -0.3 is 15.2 Å². The van der Waals surface area contributed by atoms with Crippen LogP contribution in [-0.2, 0) is 11.3 Å². The molecule has 2 aromatic rings. The monoisotopic (exact) mass is 275 g/mol. The molecule has 1 aromatic heterocycles. The molecule has 0 amide bonds. The zero-order valence-electron chi connectivity index (χ0n) is 11.3. The second-order valence-corrected chi connectivity index (χ2v) is 4.06. The number of esters is 1. The lowest BCUT2D eigenvalue weighted by Gasteiger charge is -2.12. The molecule has 0 aliphatic carbocycles. The third-order valence-electron chi connectivity index (χ3n) is 2.68. The van der Waals surface area contributed by atoms with Crippen LogP contribution in [-0.4, -0.2) is 29.0 Å². The fourth-order valence-electron chi connectivity index (χ4n) is 1.78. The lowest BCUT2D eigenvalue weighted by molar-refractivity contribution is 0.0484. The predicted octanol–water partition coefficient (Wildman–Crippen LogP) is 1.72. The summed E-state index contributed by atoms with van der Waals surface area (Å²) in [4.78, 5) is 12.1. The van der Waals surface area contributed by atoms with E-state index in [9.17, 15) is 4.79 Å². The summed E-state index contributed by atoms with van der Waals surface area (Å²) < 4.78 is 12.3. The highest BCUT2D eigenvalue weighted by Crippen LogP contribution is 2.25. The molecule has 0 fully saturated rings. The number of nitrogens with zero attached hydrogens (tertiary/aromatic N) is 2. The number of nitrogens with two attached hydrogens (primary N) is 1. The van der Waals surface area contributed by atoms with E-state index in [2.05, 4.69) is 5.10 Å². The van der Waals surface area contributed by atoms with Gasteiger partial charge in [0.2, 0.25) is 0 Å². The predicted molar refractivity (Wildman–Crippen MR) is 74.5 cm³/mol. The minimum atomic E-state index is -0.487. The number of carbonyl (C=O) groups is 1. The maximum atomic E-state index is 12.1. The third-order valence-corrected chi connectivity index (χ3v) is 2.68. The smallest absolute Gasteiger partial charge is 0.344 e. The zero-order valence-corrected chi connectivity index (χ0v) is 11.3. The molecule has 0 unspecified atom stereocenters. The normalized spacial score (nSPS) is 10.2. The van der Waals surface area contributed by atoms with Crippen molar-refractivity contribution in [1.29, 1.82) is 0 Å². The summed E-state index contributed by atoms with van der Waals surface area (Å²) in [6, 6.07) is 6.89. The van der Waals surface area contributed by atoms with Gasteiger partial charge in [0.25, 0.3) is 0 Å². The lowest BCUT2D eigenvalue weighted by atomic mass is 10.1. The molecule has 2 rings (SSSR count). The number of rotatable bonds is 6. The number of benzene rings is 1.